The molecule has 1 heterocycles. The summed E-state index contributed by atoms with van der Waals surface area (Å²) >= 11 is 1.58. The summed E-state index contributed by atoms with van der Waals surface area (Å²) in [4.78, 5) is 0. The third kappa shape index (κ3) is 1.66. The highest BCUT2D eigenvalue weighted by molar-refractivity contribution is 7.08. The Balaban J connectivity index is 2.15. The van der Waals surface area contributed by atoms with Gasteiger partial charge in [0.25, 0.3) is 0 Å². The Labute approximate surface area is 75.2 Å². The van der Waals surface area contributed by atoms with Gasteiger partial charge in [-0.05, 0) is 12.1 Å². The van der Waals surface area contributed by atoms with Crippen molar-refractivity contribution >= 4 is 11.3 Å². The molecule has 2 aromatic rings. The summed E-state index contributed by atoms with van der Waals surface area (Å²) in [6.07, 6.45) is 0. The third-order valence-corrected chi connectivity index (χ3v) is 2.02. The fraction of sp³-hybridized carbons (Fsp3) is 0. The molecule has 0 bridgehead atoms. The molecule has 1 radical (unpaired) electrons. The van der Waals surface area contributed by atoms with E-state index >= 15 is 0 Å². The maximum Gasteiger partial charge on any atom is 0.146 e. The average molecular weight is 175 g/mol. The fourth-order valence-corrected chi connectivity index (χ4v) is 1.38. The van der Waals surface area contributed by atoms with Crippen molar-refractivity contribution in [2.45, 2.75) is 0 Å². The zero-order valence-corrected chi connectivity index (χ0v) is 7.17. The molecule has 0 atom stereocenters. The van der Waals surface area contributed by atoms with Gasteiger partial charge in [0.2, 0.25) is 0 Å². The summed E-state index contributed by atoms with van der Waals surface area (Å²) in [5, 5.41) is 3.80. The minimum Gasteiger partial charge on any atom is -0.456 e. The normalized spacial score (nSPS) is 9.67. The molecule has 0 fully saturated rings. The average Bonchev–Trinajstić information content (AvgIpc) is 2.59. The van der Waals surface area contributed by atoms with Crippen LogP contribution in [0, 0.1) is 6.07 Å². The molecule has 1 nitrogen and oxygen atoms in total. The van der Waals surface area contributed by atoms with Gasteiger partial charge in [-0.3, -0.25) is 0 Å². The summed E-state index contributed by atoms with van der Waals surface area (Å²) < 4.78 is 5.47. The SMILES string of the molecule is [c]1cscc1Oc1ccccc1. The molecule has 2 heteroatoms. The van der Waals surface area contributed by atoms with Gasteiger partial charge in [-0.15, -0.1) is 11.3 Å². The van der Waals surface area contributed by atoms with E-state index in [4.69, 9.17) is 4.74 Å². The summed E-state index contributed by atoms with van der Waals surface area (Å²) in [6, 6.07) is 12.7. The van der Waals surface area contributed by atoms with Gasteiger partial charge in [-0.2, -0.15) is 0 Å². The molecule has 0 saturated heterocycles. The summed E-state index contributed by atoms with van der Waals surface area (Å²) in [7, 11) is 0. The summed E-state index contributed by atoms with van der Waals surface area (Å²) in [5.41, 5.74) is 0. The molecule has 0 aliphatic carbocycles. The van der Waals surface area contributed by atoms with E-state index in [0.29, 0.717) is 0 Å². The van der Waals surface area contributed by atoms with E-state index in [1.165, 1.54) is 0 Å². The van der Waals surface area contributed by atoms with Crippen LogP contribution in [0.5, 0.6) is 11.5 Å². The highest BCUT2D eigenvalue weighted by Gasteiger charge is 1.94. The minimum atomic E-state index is 0.784. The number of rotatable bonds is 2. The molecular weight excluding hydrogens is 168 g/mol. The lowest BCUT2D eigenvalue weighted by molar-refractivity contribution is 0.484. The van der Waals surface area contributed by atoms with Crippen LogP contribution in [-0.4, -0.2) is 0 Å². The van der Waals surface area contributed by atoms with Crippen molar-refractivity contribution in [1.29, 1.82) is 0 Å². The number of para-hydroxylation sites is 1. The first-order chi connectivity index (χ1) is 5.95. The minimum absolute atomic E-state index is 0.784. The van der Waals surface area contributed by atoms with Crippen LogP contribution in [0.1, 0.15) is 0 Å². The molecule has 0 saturated carbocycles. The van der Waals surface area contributed by atoms with Crippen LogP contribution < -0.4 is 4.74 Å². The molecule has 0 unspecified atom stereocenters. The van der Waals surface area contributed by atoms with Crippen molar-refractivity contribution in [3.05, 3.63) is 47.2 Å². The number of ether oxygens (including phenoxy) is 1. The van der Waals surface area contributed by atoms with Gasteiger partial charge in [-0.25, -0.2) is 0 Å². The van der Waals surface area contributed by atoms with Gasteiger partial charge < -0.3 is 4.74 Å². The standard InChI is InChI=1S/C10H7OS/c1-2-4-9(5-3-1)11-10-6-7-12-8-10/h1-5,7-8H. The Morgan fingerprint density at radius 3 is 2.67 bits per heavy atom. The lowest BCUT2D eigenvalue weighted by atomic mass is 10.3. The molecule has 0 aliphatic heterocycles. The second kappa shape index (κ2) is 3.41. The van der Waals surface area contributed by atoms with Gasteiger partial charge in [0.05, 0.1) is 0 Å². The van der Waals surface area contributed by atoms with Crippen molar-refractivity contribution in [2.24, 2.45) is 0 Å². The van der Waals surface area contributed by atoms with Crippen LogP contribution in [0.3, 0.4) is 0 Å². The molecule has 0 N–H and O–H groups in total. The van der Waals surface area contributed by atoms with Crippen molar-refractivity contribution in [3.63, 3.8) is 0 Å². The van der Waals surface area contributed by atoms with E-state index in [9.17, 15) is 0 Å². The van der Waals surface area contributed by atoms with E-state index < -0.39 is 0 Å². The number of benzene rings is 1. The topological polar surface area (TPSA) is 9.23 Å². The molecule has 0 spiro atoms. The van der Waals surface area contributed by atoms with Gasteiger partial charge in [-0.1, -0.05) is 18.2 Å². The van der Waals surface area contributed by atoms with Crippen molar-refractivity contribution in [1.82, 2.24) is 0 Å². The van der Waals surface area contributed by atoms with Gasteiger partial charge in [0, 0.05) is 16.8 Å². The molecule has 1 aromatic carbocycles. The highest BCUT2D eigenvalue weighted by atomic mass is 32.1. The quantitative estimate of drug-likeness (QED) is 0.680. The zero-order chi connectivity index (χ0) is 8.23. The van der Waals surface area contributed by atoms with Gasteiger partial charge in [0.15, 0.2) is 0 Å². The van der Waals surface area contributed by atoms with Crippen molar-refractivity contribution in [3.8, 4) is 11.5 Å². The van der Waals surface area contributed by atoms with Crippen LogP contribution in [0.4, 0.5) is 0 Å². The summed E-state index contributed by atoms with van der Waals surface area (Å²) in [5.74, 6) is 1.64. The smallest absolute Gasteiger partial charge is 0.146 e. The second-order valence-electron chi connectivity index (χ2n) is 2.30. The summed E-state index contributed by atoms with van der Waals surface area (Å²) in [6.45, 7) is 0. The Morgan fingerprint density at radius 1 is 1.17 bits per heavy atom. The first-order valence-electron chi connectivity index (χ1n) is 3.62. The van der Waals surface area contributed by atoms with Gasteiger partial charge >= 0.3 is 0 Å². The lowest BCUT2D eigenvalue weighted by Gasteiger charge is -2.00. The molecule has 2 rings (SSSR count). The number of hydrogen-bond donors (Lipinski definition) is 0. The Morgan fingerprint density at radius 2 is 2.00 bits per heavy atom. The van der Waals surface area contributed by atoms with Crippen molar-refractivity contribution in [2.75, 3.05) is 0 Å². The predicted molar refractivity (Wildman–Crippen MR) is 49.7 cm³/mol. The van der Waals surface area contributed by atoms with E-state index in [1.54, 1.807) is 11.3 Å². The van der Waals surface area contributed by atoms with Crippen LogP contribution in [0.2, 0.25) is 0 Å². The van der Waals surface area contributed by atoms with E-state index in [0.717, 1.165) is 11.5 Å². The second-order valence-corrected chi connectivity index (χ2v) is 3.04. The first-order valence-corrected chi connectivity index (χ1v) is 4.56. The van der Waals surface area contributed by atoms with Crippen molar-refractivity contribution < 1.29 is 4.74 Å². The van der Waals surface area contributed by atoms with Crippen LogP contribution in [0.25, 0.3) is 0 Å². The highest BCUT2D eigenvalue weighted by Crippen LogP contribution is 2.21. The molecule has 0 amide bonds. The predicted octanol–water partition coefficient (Wildman–Crippen LogP) is 3.34. The fourth-order valence-electron chi connectivity index (χ4n) is 0.891. The molecule has 12 heavy (non-hydrogen) atoms. The number of thiophene rings is 1. The Hall–Kier alpha value is -1.28. The van der Waals surface area contributed by atoms with Crippen LogP contribution in [-0.2, 0) is 0 Å². The number of hydrogen-bond acceptors (Lipinski definition) is 2. The van der Waals surface area contributed by atoms with E-state index in [1.807, 2.05) is 41.1 Å². The van der Waals surface area contributed by atoms with E-state index in [2.05, 4.69) is 6.07 Å². The largest absolute Gasteiger partial charge is 0.456 e. The third-order valence-electron chi connectivity index (χ3n) is 1.42. The van der Waals surface area contributed by atoms with Gasteiger partial charge in [0.1, 0.15) is 11.5 Å². The first kappa shape index (κ1) is 7.37. The maximum absolute atomic E-state index is 5.47. The van der Waals surface area contributed by atoms with E-state index in [-0.39, 0.29) is 0 Å². The monoisotopic (exact) mass is 175 g/mol. The van der Waals surface area contributed by atoms with Crippen LogP contribution in [0.15, 0.2) is 41.1 Å². The maximum atomic E-state index is 5.47. The molecular formula is C10H7OS. The Kier molecular flexibility index (Phi) is 2.10. The molecule has 1 aromatic heterocycles. The molecule has 59 valence electrons. The van der Waals surface area contributed by atoms with Crippen LogP contribution >= 0.6 is 11.3 Å². The Bertz CT molecular complexity index is 326. The zero-order valence-electron chi connectivity index (χ0n) is 6.36. The molecule has 0 aliphatic rings. The lowest BCUT2D eigenvalue weighted by Crippen LogP contribution is -1.79.